The molecule has 142 valence electrons. The van der Waals surface area contributed by atoms with Crippen molar-refractivity contribution in [2.24, 2.45) is 0 Å². The third-order valence-corrected chi connectivity index (χ3v) is 5.94. The quantitative estimate of drug-likeness (QED) is 0.841. The average Bonchev–Trinajstić information content (AvgIpc) is 3.16. The van der Waals surface area contributed by atoms with E-state index in [0.29, 0.717) is 38.0 Å². The van der Waals surface area contributed by atoms with Crippen molar-refractivity contribution in [3.63, 3.8) is 0 Å². The maximum atomic E-state index is 13.1. The Balaban J connectivity index is 1.53. The number of hydrogen-bond acceptors (Lipinski definition) is 4. The Morgan fingerprint density at radius 2 is 2.00 bits per heavy atom. The second-order valence-corrected chi connectivity index (χ2v) is 7.53. The minimum atomic E-state index is -0.481. The molecule has 2 amide bonds. The summed E-state index contributed by atoms with van der Waals surface area (Å²) in [6.45, 7) is 4.69. The molecular weight excluding hydrogens is 342 g/mol. The van der Waals surface area contributed by atoms with Gasteiger partial charge in [-0.1, -0.05) is 23.8 Å². The van der Waals surface area contributed by atoms with Crippen LogP contribution in [0.1, 0.15) is 28.8 Å². The van der Waals surface area contributed by atoms with Gasteiger partial charge in [0.25, 0.3) is 5.91 Å². The van der Waals surface area contributed by atoms with Crippen molar-refractivity contribution in [2.75, 3.05) is 33.2 Å². The van der Waals surface area contributed by atoms with Crippen molar-refractivity contribution in [2.45, 2.75) is 25.3 Å². The lowest BCUT2D eigenvalue weighted by atomic mass is 9.83. The Hall–Kier alpha value is -2.67. The molecule has 0 atom stereocenters. The number of nitrogens with zero attached hydrogens (tertiary/aromatic N) is 3. The third-order valence-electron chi connectivity index (χ3n) is 5.94. The van der Waals surface area contributed by atoms with Crippen molar-refractivity contribution in [3.8, 4) is 11.3 Å². The molecule has 4 rings (SSSR count). The van der Waals surface area contributed by atoms with E-state index in [1.165, 1.54) is 0 Å². The lowest BCUT2D eigenvalue weighted by Crippen LogP contribution is -2.67. The first-order chi connectivity index (χ1) is 13.0. The molecule has 1 aromatic heterocycles. The SMILES string of the molecule is Cc1cccc(-c2[nH]ncc2C(=O)N2CCC3(CC2)C(=O)NCCN3C)c1. The van der Waals surface area contributed by atoms with E-state index in [4.69, 9.17) is 0 Å². The Morgan fingerprint density at radius 1 is 1.22 bits per heavy atom. The van der Waals surface area contributed by atoms with Crippen LogP contribution in [0.4, 0.5) is 0 Å². The minimum absolute atomic E-state index is 0.0334. The highest BCUT2D eigenvalue weighted by atomic mass is 16.2. The minimum Gasteiger partial charge on any atom is -0.353 e. The molecule has 2 aliphatic rings. The zero-order chi connectivity index (χ0) is 19.0. The van der Waals surface area contributed by atoms with Gasteiger partial charge in [-0.25, -0.2) is 0 Å². The van der Waals surface area contributed by atoms with Gasteiger partial charge in [0, 0.05) is 31.7 Å². The number of carbonyl (C=O) groups is 2. The highest BCUT2D eigenvalue weighted by Gasteiger charge is 2.47. The molecule has 2 N–H and O–H groups in total. The first-order valence-electron chi connectivity index (χ1n) is 9.40. The van der Waals surface area contributed by atoms with Gasteiger partial charge in [-0.3, -0.25) is 19.6 Å². The Morgan fingerprint density at radius 3 is 2.70 bits per heavy atom. The number of nitrogens with one attached hydrogen (secondary N) is 2. The fourth-order valence-electron chi connectivity index (χ4n) is 4.22. The van der Waals surface area contributed by atoms with E-state index in [9.17, 15) is 9.59 Å². The number of H-pyrrole nitrogens is 1. The van der Waals surface area contributed by atoms with Crippen LogP contribution in [-0.2, 0) is 4.79 Å². The van der Waals surface area contributed by atoms with Crippen LogP contribution < -0.4 is 5.32 Å². The van der Waals surface area contributed by atoms with E-state index in [1.807, 2.05) is 43.1 Å². The molecule has 2 aliphatic heterocycles. The molecule has 0 radical (unpaired) electrons. The number of rotatable bonds is 2. The van der Waals surface area contributed by atoms with Gasteiger partial charge in [-0.05, 0) is 32.9 Å². The van der Waals surface area contributed by atoms with E-state index in [1.54, 1.807) is 6.20 Å². The van der Waals surface area contributed by atoms with Gasteiger partial charge in [0.2, 0.25) is 5.91 Å². The van der Waals surface area contributed by atoms with Crippen LogP contribution in [0.3, 0.4) is 0 Å². The molecular formula is C20H25N5O2. The van der Waals surface area contributed by atoms with Crippen LogP contribution in [0.5, 0.6) is 0 Å². The van der Waals surface area contributed by atoms with Crippen molar-refractivity contribution in [3.05, 3.63) is 41.6 Å². The number of piperidine rings is 1. The number of aromatic amines is 1. The largest absolute Gasteiger partial charge is 0.353 e. The monoisotopic (exact) mass is 367 g/mol. The fourth-order valence-corrected chi connectivity index (χ4v) is 4.22. The first-order valence-corrected chi connectivity index (χ1v) is 9.40. The number of amides is 2. The molecule has 3 heterocycles. The first kappa shape index (κ1) is 17.7. The summed E-state index contributed by atoms with van der Waals surface area (Å²) in [5.41, 5.74) is 2.93. The average molecular weight is 367 g/mol. The zero-order valence-corrected chi connectivity index (χ0v) is 15.8. The summed E-state index contributed by atoms with van der Waals surface area (Å²) in [7, 11) is 2.00. The molecule has 27 heavy (non-hydrogen) atoms. The summed E-state index contributed by atoms with van der Waals surface area (Å²) < 4.78 is 0. The predicted molar refractivity (Wildman–Crippen MR) is 102 cm³/mol. The molecule has 7 nitrogen and oxygen atoms in total. The standard InChI is InChI=1S/C20H25N5O2/c1-14-4-3-5-15(12-14)17-16(13-22-23-17)18(26)25-9-6-20(7-10-25)19(27)21-8-11-24(20)2/h3-5,12-13H,6-11H2,1-2H3,(H,21,27)(H,22,23). The van der Waals surface area contributed by atoms with Crippen LogP contribution in [0.25, 0.3) is 11.3 Å². The second kappa shape index (κ2) is 6.81. The maximum Gasteiger partial charge on any atom is 0.257 e. The summed E-state index contributed by atoms with van der Waals surface area (Å²) in [5, 5.41) is 10.1. The highest BCUT2D eigenvalue weighted by molar-refractivity contribution is 6.00. The number of hydrogen-bond donors (Lipinski definition) is 2. The summed E-state index contributed by atoms with van der Waals surface area (Å²) in [5.74, 6) is 0.0566. The van der Waals surface area contributed by atoms with Crippen LogP contribution in [0.15, 0.2) is 30.5 Å². The molecule has 2 saturated heterocycles. The Labute approximate surface area is 158 Å². The number of benzene rings is 1. The van der Waals surface area contributed by atoms with Crippen LogP contribution >= 0.6 is 0 Å². The molecule has 0 bridgehead atoms. The summed E-state index contributed by atoms with van der Waals surface area (Å²) in [4.78, 5) is 29.6. The molecule has 1 spiro atoms. The number of piperazine rings is 1. The predicted octanol–water partition coefficient (Wildman–Crippen LogP) is 1.42. The van der Waals surface area contributed by atoms with Gasteiger partial charge in [-0.2, -0.15) is 5.10 Å². The molecule has 0 unspecified atom stereocenters. The van der Waals surface area contributed by atoms with Crippen molar-refractivity contribution >= 4 is 11.8 Å². The number of aromatic nitrogens is 2. The van der Waals surface area contributed by atoms with Gasteiger partial charge in [0.15, 0.2) is 0 Å². The van der Waals surface area contributed by atoms with Crippen LogP contribution in [0, 0.1) is 6.92 Å². The number of carbonyl (C=O) groups excluding carboxylic acids is 2. The van der Waals surface area contributed by atoms with Crippen molar-refractivity contribution in [1.82, 2.24) is 25.3 Å². The molecule has 0 aliphatic carbocycles. The van der Waals surface area contributed by atoms with Crippen LogP contribution in [0.2, 0.25) is 0 Å². The lowest BCUT2D eigenvalue weighted by molar-refractivity contribution is -0.139. The lowest BCUT2D eigenvalue weighted by Gasteiger charge is -2.48. The zero-order valence-electron chi connectivity index (χ0n) is 15.8. The smallest absolute Gasteiger partial charge is 0.257 e. The van der Waals surface area contributed by atoms with E-state index in [0.717, 1.165) is 23.4 Å². The number of aryl methyl sites for hydroxylation is 1. The highest BCUT2D eigenvalue weighted by Crippen LogP contribution is 2.31. The van der Waals surface area contributed by atoms with Crippen molar-refractivity contribution < 1.29 is 9.59 Å². The van der Waals surface area contributed by atoms with E-state index in [-0.39, 0.29) is 11.8 Å². The van der Waals surface area contributed by atoms with Gasteiger partial charge < -0.3 is 10.2 Å². The van der Waals surface area contributed by atoms with E-state index in [2.05, 4.69) is 20.4 Å². The van der Waals surface area contributed by atoms with Crippen molar-refractivity contribution in [1.29, 1.82) is 0 Å². The topological polar surface area (TPSA) is 81.3 Å². The maximum absolute atomic E-state index is 13.1. The third kappa shape index (κ3) is 3.02. The summed E-state index contributed by atoms with van der Waals surface area (Å²) in [6, 6.07) is 8.01. The van der Waals surface area contributed by atoms with Gasteiger partial charge in [0.1, 0.15) is 5.54 Å². The Bertz CT molecular complexity index is 867. The number of likely N-dealkylation sites (tertiary alicyclic amines) is 1. The molecule has 1 aromatic carbocycles. The summed E-state index contributed by atoms with van der Waals surface area (Å²) in [6.07, 6.45) is 2.90. The fraction of sp³-hybridized carbons (Fsp3) is 0.450. The molecule has 0 saturated carbocycles. The Kier molecular flexibility index (Phi) is 4.47. The molecule has 2 aromatic rings. The van der Waals surface area contributed by atoms with Gasteiger partial charge in [0.05, 0.1) is 17.5 Å². The van der Waals surface area contributed by atoms with Crippen LogP contribution in [-0.4, -0.2) is 70.6 Å². The van der Waals surface area contributed by atoms with Gasteiger partial charge >= 0.3 is 0 Å². The number of likely N-dealkylation sites (N-methyl/N-ethyl adjacent to an activating group) is 1. The van der Waals surface area contributed by atoms with E-state index >= 15 is 0 Å². The van der Waals surface area contributed by atoms with Gasteiger partial charge in [-0.15, -0.1) is 0 Å². The van der Waals surface area contributed by atoms with E-state index < -0.39 is 5.54 Å². The molecule has 7 heteroatoms. The molecule has 2 fully saturated rings. The second-order valence-electron chi connectivity index (χ2n) is 7.53. The normalized spacial score (nSPS) is 19.9. The summed E-state index contributed by atoms with van der Waals surface area (Å²) >= 11 is 0.